The number of carbonyl (C=O) groups excluding carboxylic acids is 2. The lowest BCUT2D eigenvalue weighted by atomic mass is 10.1. The lowest BCUT2D eigenvalue weighted by molar-refractivity contribution is -0.163. The van der Waals surface area contributed by atoms with Crippen LogP contribution in [0.1, 0.15) is 17.2 Å². The predicted molar refractivity (Wildman–Crippen MR) is 84.1 cm³/mol. The smallest absolute Gasteiger partial charge is 0.352 e. The van der Waals surface area contributed by atoms with E-state index in [1.54, 1.807) is 48.5 Å². The van der Waals surface area contributed by atoms with Crippen molar-refractivity contribution in [1.82, 2.24) is 0 Å². The summed E-state index contributed by atoms with van der Waals surface area (Å²) in [5.41, 5.74) is 1.28. The molecule has 6 heteroatoms. The second kappa shape index (κ2) is 8.19. The molecule has 0 aliphatic carbocycles. The molecule has 1 atom stereocenters. The Balaban J connectivity index is 2.05. The number of hydrogen-bond acceptors (Lipinski definition) is 5. The van der Waals surface area contributed by atoms with Crippen LogP contribution in [-0.2, 0) is 25.7 Å². The van der Waals surface area contributed by atoms with Crippen LogP contribution in [0.15, 0.2) is 48.5 Å². The summed E-state index contributed by atoms with van der Waals surface area (Å²) in [4.78, 5) is 22.8. The zero-order valence-corrected chi connectivity index (χ0v) is 13.2. The monoisotopic (exact) mass is 334 g/mol. The average molecular weight is 335 g/mol. The third-order valence-electron chi connectivity index (χ3n) is 3.12. The van der Waals surface area contributed by atoms with E-state index in [1.165, 1.54) is 7.11 Å². The zero-order valence-electron chi connectivity index (χ0n) is 12.4. The van der Waals surface area contributed by atoms with E-state index in [2.05, 4.69) is 0 Å². The molecule has 2 rings (SSSR count). The second-order valence-electron chi connectivity index (χ2n) is 4.62. The minimum absolute atomic E-state index is 0.0604. The van der Waals surface area contributed by atoms with Crippen LogP contribution >= 0.6 is 11.6 Å². The van der Waals surface area contributed by atoms with Crippen LogP contribution < -0.4 is 4.74 Å². The topological polar surface area (TPSA) is 61.8 Å². The van der Waals surface area contributed by atoms with Crippen molar-refractivity contribution in [2.24, 2.45) is 0 Å². The SMILES string of the molecule is COc1ccc(C(OC=O)C(=O)OCc2ccc(Cl)cc2)cc1. The molecule has 0 amide bonds. The minimum atomic E-state index is -1.12. The molecule has 5 nitrogen and oxygen atoms in total. The fourth-order valence-electron chi connectivity index (χ4n) is 1.92. The first-order chi connectivity index (χ1) is 11.1. The van der Waals surface area contributed by atoms with E-state index in [1.807, 2.05) is 0 Å². The molecule has 0 bridgehead atoms. The van der Waals surface area contributed by atoms with Gasteiger partial charge in [0.1, 0.15) is 12.4 Å². The number of halogens is 1. The van der Waals surface area contributed by atoms with Crippen molar-refractivity contribution in [2.45, 2.75) is 12.7 Å². The molecule has 0 radical (unpaired) electrons. The van der Waals surface area contributed by atoms with E-state index in [0.29, 0.717) is 16.3 Å². The summed E-state index contributed by atoms with van der Waals surface area (Å²) in [6.07, 6.45) is -1.12. The number of rotatable bonds is 7. The fourth-order valence-corrected chi connectivity index (χ4v) is 2.04. The first-order valence-corrected chi connectivity index (χ1v) is 7.16. The molecular formula is C17H15ClO5. The van der Waals surface area contributed by atoms with Crippen LogP contribution in [0.4, 0.5) is 0 Å². The quantitative estimate of drug-likeness (QED) is 0.574. The average Bonchev–Trinajstić information content (AvgIpc) is 2.59. The largest absolute Gasteiger partial charge is 0.497 e. The summed E-state index contributed by atoms with van der Waals surface area (Å²) in [5, 5.41) is 0.598. The van der Waals surface area contributed by atoms with Gasteiger partial charge in [0.2, 0.25) is 6.10 Å². The first kappa shape index (κ1) is 16.8. The van der Waals surface area contributed by atoms with Gasteiger partial charge in [0.15, 0.2) is 0 Å². The first-order valence-electron chi connectivity index (χ1n) is 6.78. The number of ether oxygens (including phenoxy) is 3. The Kier molecular flexibility index (Phi) is 6.00. The van der Waals surface area contributed by atoms with Crippen LogP contribution in [0.2, 0.25) is 5.02 Å². The van der Waals surface area contributed by atoms with Crippen LogP contribution in [-0.4, -0.2) is 19.6 Å². The van der Waals surface area contributed by atoms with Gasteiger partial charge in [-0.25, -0.2) is 4.79 Å². The highest BCUT2D eigenvalue weighted by Crippen LogP contribution is 2.22. The van der Waals surface area contributed by atoms with Crippen molar-refractivity contribution < 1.29 is 23.8 Å². The number of methoxy groups -OCH3 is 1. The molecule has 0 heterocycles. The molecule has 2 aromatic carbocycles. The molecule has 120 valence electrons. The summed E-state index contributed by atoms with van der Waals surface area (Å²) in [7, 11) is 1.54. The van der Waals surface area contributed by atoms with Gasteiger partial charge in [-0.2, -0.15) is 0 Å². The zero-order chi connectivity index (χ0) is 16.7. The second-order valence-corrected chi connectivity index (χ2v) is 5.06. The van der Waals surface area contributed by atoms with Gasteiger partial charge in [-0.1, -0.05) is 35.9 Å². The Morgan fingerprint density at radius 2 is 1.78 bits per heavy atom. The van der Waals surface area contributed by atoms with E-state index in [-0.39, 0.29) is 13.1 Å². The maximum atomic E-state index is 12.2. The molecule has 23 heavy (non-hydrogen) atoms. The Morgan fingerprint density at radius 1 is 1.13 bits per heavy atom. The summed E-state index contributed by atoms with van der Waals surface area (Å²) in [6, 6.07) is 13.5. The van der Waals surface area contributed by atoms with Crippen molar-refractivity contribution >= 4 is 24.0 Å². The van der Waals surface area contributed by atoms with Crippen LogP contribution in [0, 0.1) is 0 Å². The highest BCUT2D eigenvalue weighted by Gasteiger charge is 2.24. The summed E-state index contributed by atoms with van der Waals surface area (Å²) >= 11 is 5.79. The standard InChI is InChI=1S/C17H15ClO5/c1-21-15-8-4-13(5-9-15)16(23-11-19)17(20)22-10-12-2-6-14(18)7-3-12/h2-9,11,16H,10H2,1H3. The van der Waals surface area contributed by atoms with Gasteiger partial charge < -0.3 is 14.2 Å². The third kappa shape index (κ3) is 4.72. The van der Waals surface area contributed by atoms with E-state index in [4.69, 9.17) is 25.8 Å². The van der Waals surface area contributed by atoms with E-state index < -0.39 is 12.1 Å². The number of esters is 1. The normalized spacial score (nSPS) is 11.4. The summed E-state index contributed by atoms with van der Waals surface area (Å²) in [6.45, 7) is 0.281. The maximum Gasteiger partial charge on any atom is 0.352 e. The van der Waals surface area contributed by atoms with E-state index >= 15 is 0 Å². The van der Waals surface area contributed by atoms with E-state index in [0.717, 1.165) is 5.56 Å². The van der Waals surface area contributed by atoms with Gasteiger partial charge in [-0.15, -0.1) is 0 Å². The van der Waals surface area contributed by atoms with Crippen LogP contribution in [0.3, 0.4) is 0 Å². The van der Waals surface area contributed by atoms with Crippen molar-refractivity contribution in [3.63, 3.8) is 0 Å². The maximum absolute atomic E-state index is 12.2. The fraction of sp³-hybridized carbons (Fsp3) is 0.176. The van der Waals surface area contributed by atoms with Gasteiger partial charge in [0.25, 0.3) is 6.47 Å². The highest BCUT2D eigenvalue weighted by atomic mass is 35.5. The molecular weight excluding hydrogens is 320 g/mol. The van der Waals surface area contributed by atoms with Gasteiger partial charge in [-0.3, -0.25) is 4.79 Å². The summed E-state index contributed by atoms with van der Waals surface area (Å²) < 4.78 is 15.1. The molecule has 0 saturated heterocycles. The molecule has 0 aliphatic heterocycles. The Morgan fingerprint density at radius 3 is 2.35 bits per heavy atom. The third-order valence-corrected chi connectivity index (χ3v) is 3.37. The number of benzene rings is 2. The molecule has 0 spiro atoms. The molecule has 0 aromatic heterocycles. The lowest BCUT2D eigenvalue weighted by Gasteiger charge is -2.15. The van der Waals surface area contributed by atoms with Crippen molar-refractivity contribution in [3.05, 3.63) is 64.7 Å². The molecule has 1 unspecified atom stereocenters. The number of hydrogen-bond donors (Lipinski definition) is 0. The van der Waals surface area contributed by atoms with Gasteiger partial charge in [0, 0.05) is 10.6 Å². The predicted octanol–water partition coefficient (Wildman–Crippen LogP) is 3.31. The summed E-state index contributed by atoms with van der Waals surface area (Å²) in [5.74, 6) is -0.0228. The Hall–Kier alpha value is -2.53. The molecule has 0 fully saturated rings. The van der Waals surface area contributed by atoms with Crippen molar-refractivity contribution in [2.75, 3.05) is 7.11 Å². The molecule has 0 aliphatic rings. The lowest BCUT2D eigenvalue weighted by Crippen LogP contribution is -2.18. The van der Waals surface area contributed by atoms with Crippen LogP contribution in [0.5, 0.6) is 5.75 Å². The highest BCUT2D eigenvalue weighted by molar-refractivity contribution is 6.30. The number of carbonyl (C=O) groups is 2. The molecule has 0 saturated carbocycles. The minimum Gasteiger partial charge on any atom is -0.497 e. The van der Waals surface area contributed by atoms with E-state index in [9.17, 15) is 9.59 Å². The molecule has 2 aromatic rings. The Bertz CT molecular complexity index is 652. The van der Waals surface area contributed by atoms with Gasteiger partial charge in [0.05, 0.1) is 7.11 Å². The van der Waals surface area contributed by atoms with Crippen molar-refractivity contribution in [3.8, 4) is 5.75 Å². The van der Waals surface area contributed by atoms with Crippen molar-refractivity contribution in [1.29, 1.82) is 0 Å². The van der Waals surface area contributed by atoms with Gasteiger partial charge >= 0.3 is 5.97 Å². The van der Waals surface area contributed by atoms with Gasteiger partial charge in [-0.05, 0) is 29.8 Å². The van der Waals surface area contributed by atoms with Crippen LogP contribution in [0.25, 0.3) is 0 Å². The molecule has 0 N–H and O–H groups in total. The Labute approximate surface area is 138 Å².